The van der Waals surface area contributed by atoms with Gasteiger partial charge in [0, 0.05) is 31.6 Å². The number of rotatable bonds is 7. The van der Waals surface area contributed by atoms with Gasteiger partial charge in [-0.3, -0.25) is 4.98 Å². The highest BCUT2D eigenvalue weighted by Crippen LogP contribution is 2.30. The van der Waals surface area contributed by atoms with E-state index < -0.39 is 11.6 Å². The minimum Gasteiger partial charge on any atom is -0.479 e. The summed E-state index contributed by atoms with van der Waals surface area (Å²) in [4.78, 5) is 15.8. The minimum atomic E-state index is -0.878. The number of ether oxygens (including phenoxy) is 3. The average molecular weight is 330 g/mol. The Morgan fingerprint density at radius 1 is 1.29 bits per heavy atom. The van der Waals surface area contributed by atoms with Gasteiger partial charge in [-0.05, 0) is 36.8 Å². The molecule has 0 radical (unpaired) electrons. The van der Waals surface area contributed by atoms with Crippen LogP contribution in [0.3, 0.4) is 0 Å². The zero-order valence-electron chi connectivity index (χ0n) is 14.1. The summed E-state index contributed by atoms with van der Waals surface area (Å²) in [6, 6.07) is 8.66. The maximum atomic E-state index is 11.7. The highest BCUT2D eigenvalue weighted by atomic mass is 16.5. The number of aromatic nitrogens is 1. The number of methoxy groups -OCH3 is 2. The molecule has 0 bridgehead atoms. The lowest BCUT2D eigenvalue weighted by atomic mass is 9.91. The zero-order chi connectivity index (χ0) is 17.6. The molecule has 0 aliphatic carbocycles. The van der Waals surface area contributed by atoms with E-state index in [1.807, 2.05) is 13.0 Å². The first kappa shape index (κ1) is 17.9. The second-order valence-corrected chi connectivity index (χ2v) is 5.44. The first-order valence-electron chi connectivity index (χ1n) is 7.54. The topological polar surface area (TPSA) is 83.7 Å². The molecule has 2 rings (SSSR count). The summed E-state index contributed by atoms with van der Waals surface area (Å²) in [6.45, 7) is 2.40. The van der Waals surface area contributed by atoms with Gasteiger partial charge >= 0.3 is 5.97 Å². The molecular weight excluding hydrogens is 308 g/mol. The molecule has 1 aromatic heterocycles. The van der Waals surface area contributed by atoms with Crippen molar-refractivity contribution in [3.8, 4) is 5.75 Å². The minimum absolute atomic E-state index is 0.203. The lowest BCUT2D eigenvalue weighted by Gasteiger charge is -2.34. The number of nitrogens with two attached hydrogens (primary N) is 1. The zero-order valence-corrected chi connectivity index (χ0v) is 14.1. The molecule has 2 N–H and O–H groups in total. The fourth-order valence-electron chi connectivity index (χ4n) is 2.62. The first-order valence-corrected chi connectivity index (χ1v) is 7.54. The number of pyridine rings is 1. The van der Waals surface area contributed by atoms with Gasteiger partial charge in [-0.2, -0.15) is 0 Å². The van der Waals surface area contributed by atoms with Crippen molar-refractivity contribution < 1.29 is 19.0 Å². The number of nitrogens with zero attached hydrogens (tertiary/aromatic N) is 1. The van der Waals surface area contributed by atoms with Gasteiger partial charge in [-0.1, -0.05) is 6.07 Å². The molecule has 0 saturated carbocycles. The van der Waals surface area contributed by atoms with Crippen LogP contribution in [0, 0.1) is 6.92 Å². The van der Waals surface area contributed by atoms with E-state index in [2.05, 4.69) is 4.98 Å². The summed E-state index contributed by atoms with van der Waals surface area (Å²) < 4.78 is 16.3. The molecule has 0 amide bonds. The van der Waals surface area contributed by atoms with Gasteiger partial charge in [0.15, 0.2) is 5.60 Å². The maximum absolute atomic E-state index is 11.7. The van der Waals surface area contributed by atoms with Crippen LogP contribution in [0.25, 0.3) is 0 Å². The molecule has 6 nitrogen and oxygen atoms in total. The van der Waals surface area contributed by atoms with Gasteiger partial charge in [0.05, 0.1) is 19.3 Å². The third-order valence-electron chi connectivity index (χ3n) is 3.79. The molecule has 0 spiro atoms. The van der Waals surface area contributed by atoms with Crippen molar-refractivity contribution in [2.24, 2.45) is 5.73 Å². The largest absolute Gasteiger partial charge is 0.479 e. The van der Waals surface area contributed by atoms with Crippen LogP contribution in [-0.4, -0.2) is 38.3 Å². The summed E-state index contributed by atoms with van der Waals surface area (Å²) in [5.74, 6) is 0.0854. The van der Waals surface area contributed by atoms with Crippen LogP contribution < -0.4 is 10.5 Å². The summed E-state index contributed by atoms with van der Waals surface area (Å²) in [5.41, 5.74) is 7.42. The van der Waals surface area contributed by atoms with E-state index in [1.54, 1.807) is 43.8 Å². The van der Waals surface area contributed by atoms with E-state index >= 15 is 0 Å². The van der Waals surface area contributed by atoms with Crippen LogP contribution in [0.2, 0.25) is 0 Å². The van der Waals surface area contributed by atoms with Gasteiger partial charge in [-0.15, -0.1) is 0 Å². The monoisotopic (exact) mass is 330 g/mol. The number of hydrogen-bond donors (Lipinski definition) is 1. The second-order valence-electron chi connectivity index (χ2n) is 5.44. The Morgan fingerprint density at radius 2 is 2.08 bits per heavy atom. The summed E-state index contributed by atoms with van der Waals surface area (Å²) >= 11 is 0. The number of hydrogen-bond acceptors (Lipinski definition) is 6. The number of benzene rings is 1. The second kappa shape index (κ2) is 7.90. The molecule has 1 unspecified atom stereocenters. The Bertz CT molecular complexity index is 705. The van der Waals surface area contributed by atoms with E-state index in [1.165, 1.54) is 7.11 Å². The quantitative estimate of drug-likeness (QED) is 0.782. The third kappa shape index (κ3) is 3.72. The number of carbonyl (C=O) groups excluding carboxylic acids is 1. The Labute approximate surface area is 141 Å². The molecule has 1 atom stereocenters. The van der Waals surface area contributed by atoms with Crippen LogP contribution in [0.15, 0.2) is 42.7 Å². The van der Waals surface area contributed by atoms with Crippen molar-refractivity contribution in [1.29, 1.82) is 0 Å². The van der Waals surface area contributed by atoms with Crippen molar-refractivity contribution >= 4 is 5.97 Å². The normalized spacial score (nSPS) is 13.2. The van der Waals surface area contributed by atoms with E-state index in [0.29, 0.717) is 11.3 Å². The van der Waals surface area contributed by atoms with Gasteiger partial charge in [-0.25, -0.2) is 4.79 Å². The van der Waals surface area contributed by atoms with Crippen LogP contribution in [0.4, 0.5) is 0 Å². The van der Waals surface area contributed by atoms with Crippen molar-refractivity contribution in [1.82, 2.24) is 4.98 Å². The number of esters is 1. The number of aryl methyl sites for hydroxylation is 1. The Balaban J connectivity index is 2.43. The smallest absolute Gasteiger partial charge is 0.337 e. The summed E-state index contributed by atoms with van der Waals surface area (Å²) in [6.07, 6.45) is 3.44. The van der Waals surface area contributed by atoms with E-state index in [9.17, 15) is 4.79 Å². The molecule has 2 aromatic rings. The van der Waals surface area contributed by atoms with Crippen LogP contribution in [0.1, 0.15) is 21.5 Å². The first-order chi connectivity index (χ1) is 11.6. The van der Waals surface area contributed by atoms with Crippen molar-refractivity contribution in [3.63, 3.8) is 0 Å². The summed E-state index contributed by atoms with van der Waals surface area (Å²) in [5, 5.41) is 0. The molecule has 128 valence electrons. The molecule has 1 heterocycles. The predicted molar refractivity (Wildman–Crippen MR) is 90.0 cm³/mol. The fraction of sp³-hybridized carbons (Fsp3) is 0.333. The van der Waals surface area contributed by atoms with E-state index in [4.69, 9.17) is 19.9 Å². The SMILES string of the molecule is COCC(CN)(Oc1cccc(C(=O)OC)c1)c1ccncc1C. The van der Waals surface area contributed by atoms with Crippen molar-refractivity contribution in [2.45, 2.75) is 12.5 Å². The van der Waals surface area contributed by atoms with Gasteiger partial charge in [0.1, 0.15) is 5.75 Å². The molecule has 0 fully saturated rings. The predicted octanol–water partition coefficient (Wildman–Crippen LogP) is 2.06. The highest BCUT2D eigenvalue weighted by molar-refractivity contribution is 5.89. The van der Waals surface area contributed by atoms with Gasteiger partial charge < -0.3 is 19.9 Å². The maximum Gasteiger partial charge on any atom is 0.337 e. The summed E-state index contributed by atoms with van der Waals surface area (Å²) in [7, 11) is 2.93. The van der Waals surface area contributed by atoms with Gasteiger partial charge in [0.25, 0.3) is 0 Å². The Kier molecular flexibility index (Phi) is 5.89. The van der Waals surface area contributed by atoms with Crippen LogP contribution in [0.5, 0.6) is 5.75 Å². The third-order valence-corrected chi connectivity index (χ3v) is 3.79. The standard InChI is InChI=1S/C18H22N2O4/c1-13-10-20-8-7-16(13)18(11-19,12-22-2)24-15-6-4-5-14(9-15)17(21)23-3/h4-10H,11-12,19H2,1-3H3. The molecule has 0 aliphatic rings. The molecule has 6 heteroatoms. The Hall–Kier alpha value is -2.44. The van der Waals surface area contributed by atoms with Gasteiger partial charge in [0.2, 0.25) is 0 Å². The fourth-order valence-corrected chi connectivity index (χ4v) is 2.62. The Morgan fingerprint density at radius 3 is 2.71 bits per heavy atom. The van der Waals surface area contributed by atoms with Crippen molar-refractivity contribution in [3.05, 3.63) is 59.4 Å². The average Bonchev–Trinajstić information content (AvgIpc) is 2.61. The van der Waals surface area contributed by atoms with E-state index in [0.717, 1.165) is 11.1 Å². The molecular formula is C18H22N2O4. The van der Waals surface area contributed by atoms with E-state index in [-0.39, 0.29) is 13.2 Å². The lowest BCUT2D eigenvalue weighted by molar-refractivity contribution is -0.00781. The highest BCUT2D eigenvalue weighted by Gasteiger charge is 2.35. The van der Waals surface area contributed by atoms with Crippen LogP contribution in [-0.2, 0) is 15.1 Å². The van der Waals surface area contributed by atoms with Crippen molar-refractivity contribution in [2.75, 3.05) is 27.4 Å². The molecule has 0 saturated heterocycles. The molecule has 24 heavy (non-hydrogen) atoms. The number of carbonyl (C=O) groups is 1. The molecule has 0 aliphatic heterocycles. The lowest BCUT2D eigenvalue weighted by Crippen LogP contribution is -2.45. The molecule has 1 aromatic carbocycles. The van der Waals surface area contributed by atoms with Crippen LogP contribution >= 0.6 is 0 Å².